The number of hydrogen-bond donors (Lipinski definition) is 0. The molecule has 0 fully saturated rings. The zero-order valence-corrected chi connectivity index (χ0v) is 31.0. The van der Waals surface area contributed by atoms with E-state index in [1.54, 1.807) is 0 Å². The standard InChI is InChI=1S/C41H74O6/c1-4-7-10-13-16-19-22-25-28-31-34-40(43)46-37-38(36-45-39(42)33-30-27-24-21-18-15-12-9-6-3)47-41(44)35-32-29-26-23-20-17-14-11-8-5-2/h13,16,21,24,38H,4-12,14-15,17-20,22-23,25-37H2,1-3H3/b16-13-,24-21-. The molecule has 47 heavy (non-hydrogen) atoms. The number of hydrogen-bond acceptors (Lipinski definition) is 6. The van der Waals surface area contributed by atoms with Crippen molar-refractivity contribution in [2.24, 2.45) is 0 Å². The monoisotopic (exact) mass is 663 g/mol. The minimum Gasteiger partial charge on any atom is -0.462 e. The number of carbonyl (C=O) groups excluding carboxylic acids is 3. The maximum atomic E-state index is 12.6. The van der Waals surface area contributed by atoms with E-state index in [4.69, 9.17) is 14.2 Å². The van der Waals surface area contributed by atoms with Crippen LogP contribution in [0.1, 0.15) is 201 Å². The van der Waals surface area contributed by atoms with E-state index >= 15 is 0 Å². The number of carbonyl (C=O) groups is 3. The molecule has 0 aliphatic carbocycles. The third kappa shape index (κ3) is 35.0. The van der Waals surface area contributed by atoms with Gasteiger partial charge in [-0.15, -0.1) is 0 Å². The molecule has 0 bridgehead atoms. The average molecular weight is 663 g/mol. The van der Waals surface area contributed by atoms with Crippen LogP contribution in [0.4, 0.5) is 0 Å². The lowest BCUT2D eigenvalue weighted by molar-refractivity contribution is -0.167. The normalized spacial score (nSPS) is 12.1. The number of esters is 3. The van der Waals surface area contributed by atoms with Crippen LogP contribution in [-0.4, -0.2) is 37.2 Å². The SMILES string of the molecule is CCCC/C=C\CCCCCCC(=O)OCC(COC(=O)CCC/C=C\CCCCCC)OC(=O)CCCCCCCCCCCC. The van der Waals surface area contributed by atoms with Crippen molar-refractivity contribution in [3.8, 4) is 0 Å². The zero-order valence-electron chi connectivity index (χ0n) is 31.0. The van der Waals surface area contributed by atoms with E-state index in [9.17, 15) is 14.4 Å². The van der Waals surface area contributed by atoms with Gasteiger partial charge in [-0.05, 0) is 57.8 Å². The van der Waals surface area contributed by atoms with Crippen LogP contribution in [0.2, 0.25) is 0 Å². The molecule has 0 aromatic rings. The highest BCUT2D eigenvalue weighted by molar-refractivity contribution is 5.71. The fourth-order valence-electron chi connectivity index (χ4n) is 5.37. The molecule has 0 saturated heterocycles. The molecule has 0 aromatic carbocycles. The van der Waals surface area contributed by atoms with Gasteiger partial charge >= 0.3 is 17.9 Å². The van der Waals surface area contributed by atoms with Crippen LogP contribution in [0.25, 0.3) is 0 Å². The van der Waals surface area contributed by atoms with Crippen LogP contribution >= 0.6 is 0 Å². The Morgan fingerprint density at radius 3 is 1.23 bits per heavy atom. The van der Waals surface area contributed by atoms with Crippen LogP contribution in [0, 0.1) is 0 Å². The van der Waals surface area contributed by atoms with E-state index in [1.807, 2.05) is 0 Å². The molecule has 0 spiro atoms. The second kappa shape index (κ2) is 36.7. The molecule has 274 valence electrons. The molecule has 0 amide bonds. The minimum atomic E-state index is -0.777. The Morgan fingerprint density at radius 2 is 0.745 bits per heavy atom. The number of unbranched alkanes of at least 4 members (excludes halogenated alkanes) is 20. The van der Waals surface area contributed by atoms with Crippen LogP contribution in [0.3, 0.4) is 0 Å². The molecular formula is C41H74O6. The first-order valence-corrected chi connectivity index (χ1v) is 19.8. The van der Waals surface area contributed by atoms with Crippen molar-refractivity contribution < 1.29 is 28.6 Å². The lowest BCUT2D eigenvalue weighted by atomic mass is 10.1. The maximum Gasteiger partial charge on any atom is 0.306 e. The van der Waals surface area contributed by atoms with Crippen LogP contribution in [0.15, 0.2) is 24.3 Å². The van der Waals surface area contributed by atoms with Crippen molar-refractivity contribution in [1.82, 2.24) is 0 Å². The Hall–Kier alpha value is -2.11. The zero-order chi connectivity index (χ0) is 34.5. The minimum absolute atomic E-state index is 0.0841. The topological polar surface area (TPSA) is 78.9 Å². The molecular weight excluding hydrogens is 588 g/mol. The van der Waals surface area contributed by atoms with E-state index in [2.05, 4.69) is 45.1 Å². The van der Waals surface area contributed by atoms with E-state index in [0.717, 1.165) is 77.0 Å². The Bertz CT molecular complexity index is 774. The van der Waals surface area contributed by atoms with Crippen LogP contribution in [-0.2, 0) is 28.6 Å². The van der Waals surface area contributed by atoms with Gasteiger partial charge in [0.15, 0.2) is 6.10 Å². The first kappa shape index (κ1) is 44.9. The average Bonchev–Trinajstić information content (AvgIpc) is 3.06. The second-order valence-corrected chi connectivity index (χ2v) is 13.2. The summed E-state index contributed by atoms with van der Waals surface area (Å²) < 4.78 is 16.5. The van der Waals surface area contributed by atoms with Crippen molar-refractivity contribution in [2.45, 2.75) is 207 Å². The molecule has 0 rings (SSSR count). The molecule has 0 heterocycles. The largest absolute Gasteiger partial charge is 0.462 e. The van der Waals surface area contributed by atoms with Gasteiger partial charge in [-0.2, -0.15) is 0 Å². The first-order chi connectivity index (χ1) is 23.0. The van der Waals surface area contributed by atoms with Gasteiger partial charge in [-0.1, -0.05) is 148 Å². The summed E-state index contributed by atoms with van der Waals surface area (Å²) in [5.41, 5.74) is 0. The van der Waals surface area contributed by atoms with Gasteiger partial charge in [0.05, 0.1) is 0 Å². The third-order valence-electron chi connectivity index (χ3n) is 8.43. The Kier molecular flexibility index (Phi) is 35.1. The lowest BCUT2D eigenvalue weighted by Crippen LogP contribution is -2.30. The number of rotatable bonds is 35. The molecule has 0 aliphatic heterocycles. The highest BCUT2D eigenvalue weighted by Gasteiger charge is 2.19. The quantitative estimate of drug-likeness (QED) is 0.0291. The Morgan fingerprint density at radius 1 is 0.404 bits per heavy atom. The maximum absolute atomic E-state index is 12.6. The smallest absolute Gasteiger partial charge is 0.306 e. The molecule has 0 aliphatic rings. The predicted molar refractivity (Wildman–Crippen MR) is 196 cm³/mol. The summed E-state index contributed by atoms with van der Waals surface area (Å²) in [6.07, 6.45) is 37.4. The van der Waals surface area contributed by atoms with Gasteiger partial charge in [0.2, 0.25) is 0 Å². The molecule has 0 aromatic heterocycles. The van der Waals surface area contributed by atoms with Gasteiger partial charge in [-0.25, -0.2) is 0 Å². The summed E-state index contributed by atoms with van der Waals surface area (Å²) in [7, 11) is 0. The van der Waals surface area contributed by atoms with E-state index in [0.29, 0.717) is 19.3 Å². The summed E-state index contributed by atoms with van der Waals surface area (Å²) in [5.74, 6) is -0.939. The van der Waals surface area contributed by atoms with Gasteiger partial charge in [0, 0.05) is 19.3 Å². The van der Waals surface area contributed by atoms with Gasteiger partial charge < -0.3 is 14.2 Å². The fourth-order valence-corrected chi connectivity index (χ4v) is 5.37. The highest BCUT2D eigenvalue weighted by Crippen LogP contribution is 2.13. The Balaban J connectivity index is 4.41. The summed E-state index contributed by atoms with van der Waals surface area (Å²) >= 11 is 0. The molecule has 1 unspecified atom stereocenters. The van der Waals surface area contributed by atoms with Crippen molar-refractivity contribution in [3.05, 3.63) is 24.3 Å². The van der Waals surface area contributed by atoms with Crippen molar-refractivity contribution in [2.75, 3.05) is 13.2 Å². The lowest BCUT2D eigenvalue weighted by Gasteiger charge is -2.18. The Labute approximate surface area is 290 Å². The van der Waals surface area contributed by atoms with Gasteiger partial charge in [0.1, 0.15) is 13.2 Å². The van der Waals surface area contributed by atoms with Crippen molar-refractivity contribution in [1.29, 1.82) is 0 Å². The van der Waals surface area contributed by atoms with Crippen molar-refractivity contribution >= 4 is 17.9 Å². The molecule has 0 saturated carbocycles. The van der Waals surface area contributed by atoms with Gasteiger partial charge in [-0.3, -0.25) is 14.4 Å². The van der Waals surface area contributed by atoms with E-state index in [-0.39, 0.29) is 31.1 Å². The van der Waals surface area contributed by atoms with E-state index < -0.39 is 6.10 Å². The van der Waals surface area contributed by atoms with Gasteiger partial charge in [0.25, 0.3) is 0 Å². The molecule has 0 radical (unpaired) electrons. The number of allylic oxidation sites excluding steroid dienone is 4. The molecule has 6 nitrogen and oxygen atoms in total. The second-order valence-electron chi connectivity index (χ2n) is 13.2. The highest BCUT2D eigenvalue weighted by atomic mass is 16.6. The summed E-state index contributed by atoms with van der Waals surface area (Å²) in [5, 5.41) is 0. The first-order valence-electron chi connectivity index (χ1n) is 19.8. The van der Waals surface area contributed by atoms with E-state index in [1.165, 1.54) is 83.5 Å². The molecule has 1 atom stereocenters. The van der Waals surface area contributed by atoms with Crippen LogP contribution in [0.5, 0.6) is 0 Å². The summed E-state index contributed by atoms with van der Waals surface area (Å²) in [4.78, 5) is 37.3. The molecule has 0 N–H and O–H groups in total. The number of ether oxygens (including phenoxy) is 3. The van der Waals surface area contributed by atoms with Crippen LogP contribution < -0.4 is 0 Å². The van der Waals surface area contributed by atoms with Crippen molar-refractivity contribution in [3.63, 3.8) is 0 Å². The predicted octanol–water partition coefficient (Wildman–Crippen LogP) is 12.1. The fraction of sp³-hybridized carbons (Fsp3) is 0.829. The summed E-state index contributed by atoms with van der Waals surface area (Å²) in [6.45, 7) is 6.49. The third-order valence-corrected chi connectivity index (χ3v) is 8.43. The molecule has 6 heteroatoms. The summed E-state index contributed by atoms with van der Waals surface area (Å²) in [6, 6.07) is 0.